The van der Waals surface area contributed by atoms with Gasteiger partial charge in [-0.1, -0.05) is 42.5 Å². The van der Waals surface area contributed by atoms with Crippen LogP contribution in [0.1, 0.15) is 38.9 Å². The number of nitrogens with zero attached hydrogens (tertiary/aromatic N) is 3. The Morgan fingerprint density at radius 1 is 0.360 bits per heavy atom. The first kappa shape index (κ1) is 29.4. The van der Waals surface area contributed by atoms with Crippen molar-refractivity contribution in [3.8, 4) is 62.7 Å². The lowest BCUT2D eigenvalue weighted by atomic mass is 9.82. The lowest BCUT2D eigenvalue weighted by molar-refractivity contribution is 1.35. The molecule has 9 rings (SSSR count). The SMILES string of the molecule is Cc1cc(C#N)cc(C)c1-c1cc2c3cc4c(cc3c(-c3c(C)cc(C#N)cc3C)cc2c2ccc(C#N)cc12)-c1cccc2cccc-4c12. The summed E-state index contributed by atoms with van der Waals surface area (Å²) in [5, 5.41) is 38.7. The molecule has 0 aromatic heterocycles. The zero-order valence-electron chi connectivity index (χ0n) is 28.2. The molecule has 0 unspecified atom stereocenters. The fraction of sp³-hybridized carbons (Fsp3) is 0.0851. The first-order valence-corrected chi connectivity index (χ1v) is 16.8. The predicted octanol–water partition coefficient (Wildman–Crippen LogP) is 12.1. The number of aryl methyl sites for hydroxylation is 4. The van der Waals surface area contributed by atoms with Crippen LogP contribution >= 0.6 is 0 Å². The van der Waals surface area contributed by atoms with Gasteiger partial charge in [-0.15, -0.1) is 0 Å². The van der Waals surface area contributed by atoms with Gasteiger partial charge in [0.25, 0.3) is 0 Å². The molecule has 8 aromatic carbocycles. The summed E-state index contributed by atoms with van der Waals surface area (Å²) in [7, 11) is 0. The monoisotopic (exact) mass is 635 g/mol. The Hall–Kier alpha value is -6.73. The number of benzene rings is 8. The molecule has 0 bridgehead atoms. The van der Waals surface area contributed by atoms with E-state index in [-0.39, 0.29) is 0 Å². The second kappa shape index (κ2) is 10.6. The van der Waals surface area contributed by atoms with Crippen LogP contribution in [0.4, 0.5) is 0 Å². The lowest BCUT2D eigenvalue weighted by Crippen LogP contribution is -1.96. The Labute approximate surface area is 290 Å². The van der Waals surface area contributed by atoms with Crippen molar-refractivity contribution in [2.45, 2.75) is 27.7 Å². The van der Waals surface area contributed by atoms with Crippen molar-refractivity contribution in [2.24, 2.45) is 0 Å². The Morgan fingerprint density at radius 2 is 0.780 bits per heavy atom. The zero-order valence-corrected chi connectivity index (χ0v) is 28.2. The average Bonchev–Trinajstić information content (AvgIpc) is 3.44. The molecule has 50 heavy (non-hydrogen) atoms. The Morgan fingerprint density at radius 3 is 1.28 bits per heavy atom. The topological polar surface area (TPSA) is 71.4 Å². The number of fused-ring (bicyclic) bond motifs is 8. The fourth-order valence-electron chi connectivity index (χ4n) is 8.72. The molecule has 0 radical (unpaired) electrons. The maximum atomic E-state index is 10.0. The van der Waals surface area contributed by atoms with Gasteiger partial charge in [-0.25, -0.2) is 0 Å². The second-order valence-corrected chi connectivity index (χ2v) is 13.7. The number of hydrogen-bond donors (Lipinski definition) is 0. The number of nitriles is 3. The smallest absolute Gasteiger partial charge is 0.0991 e. The minimum atomic E-state index is 0.602. The second-order valence-electron chi connectivity index (χ2n) is 13.7. The van der Waals surface area contributed by atoms with Crippen LogP contribution in [0.3, 0.4) is 0 Å². The van der Waals surface area contributed by atoms with E-state index in [1.54, 1.807) is 0 Å². The summed E-state index contributed by atoms with van der Waals surface area (Å²) in [6.07, 6.45) is 0. The van der Waals surface area contributed by atoms with Crippen LogP contribution < -0.4 is 0 Å². The molecular weight excluding hydrogens is 607 g/mol. The van der Waals surface area contributed by atoms with E-state index >= 15 is 0 Å². The molecule has 8 aromatic rings. The third-order valence-corrected chi connectivity index (χ3v) is 10.7. The molecule has 0 N–H and O–H groups in total. The van der Waals surface area contributed by atoms with Crippen LogP contribution in [0, 0.1) is 61.7 Å². The van der Waals surface area contributed by atoms with Crippen molar-refractivity contribution in [2.75, 3.05) is 0 Å². The summed E-state index contributed by atoms with van der Waals surface area (Å²) < 4.78 is 0. The summed E-state index contributed by atoms with van der Waals surface area (Å²) in [6.45, 7) is 8.32. The standard InChI is InChI=1S/C47H29N3/c1-25-13-30(23-49)14-26(2)45(25)43-21-41-37(33-12-11-29(22-48)17-36(33)43)20-44(46-27(3)15-31(24-50)16-28(46)4)42-19-39-35-10-6-8-32-7-5-9-34(47(32)35)38(39)18-40(41)42/h5-21H,1-4H3. The Kier molecular flexibility index (Phi) is 6.26. The molecule has 0 fully saturated rings. The van der Waals surface area contributed by atoms with Crippen LogP contribution in [0.25, 0.3) is 87.6 Å². The zero-order chi connectivity index (χ0) is 34.4. The van der Waals surface area contributed by atoms with Gasteiger partial charge in [0.05, 0.1) is 34.9 Å². The first-order valence-electron chi connectivity index (χ1n) is 16.8. The Balaban J connectivity index is 1.50. The maximum absolute atomic E-state index is 10.0. The molecule has 232 valence electrons. The molecule has 3 heteroatoms. The third kappa shape index (κ3) is 4.07. The van der Waals surface area contributed by atoms with Crippen molar-refractivity contribution in [3.05, 3.63) is 142 Å². The number of hydrogen-bond acceptors (Lipinski definition) is 3. The summed E-state index contributed by atoms with van der Waals surface area (Å²) in [6, 6.07) is 43.4. The summed E-state index contributed by atoms with van der Waals surface area (Å²) in [5.41, 5.74) is 15.4. The molecule has 0 saturated carbocycles. The first-order chi connectivity index (χ1) is 24.3. The van der Waals surface area contributed by atoms with E-state index in [2.05, 4.69) is 113 Å². The van der Waals surface area contributed by atoms with Crippen LogP contribution in [0.5, 0.6) is 0 Å². The predicted molar refractivity (Wildman–Crippen MR) is 205 cm³/mol. The molecule has 1 aliphatic rings. The van der Waals surface area contributed by atoms with E-state index in [4.69, 9.17) is 0 Å². The van der Waals surface area contributed by atoms with E-state index in [1.165, 1.54) is 33.0 Å². The van der Waals surface area contributed by atoms with Crippen molar-refractivity contribution >= 4 is 43.1 Å². The van der Waals surface area contributed by atoms with Gasteiger partial charge >= 0.3 is 0 Å². The van der Waals surface area contributed by atoms with Gasteiger partial charge < -0.3 is 0 Å². The highest BCUT2D eigenvalue weighted by atomic mass is 14.3. The van der Waals surface area contributed by atoms with Gasteiger partial charge in [-0.3, -0.25) is 0 Å². The van der Waals surface area contributed by atoms with Gasteiger partial charge in [0.1, 0.15) is 0 Å². The highest BCUT2D eigenvalue weighted by Crippen LogP contribution is 2.52. The fourth-order valence-corrected chi connectivity index (χ4v) is 8.72. The molecule has 0 atom stereocenters. The average molecular weight is 636 g/mol. The lowest BCUT2D eigenvalue weighted by Gasteiger charge is -2.21. The summed E-state index contributed by atoms with van der Waals surface area (Å²) in [4.78, 5) is 0. The van der Waals surface area contributed by atoms with Crippen molar-refractivity contribution in [1.29, 1.82) is 15.8 Å². The van der Waals surface area contributed by atoms with Crippen LogP contribution in [0.15, 0.2) is 103 Å². The molecular formula is C47H29N3. The van der Waals surface area contributed by atoms with Gasteiger partial charge in [-0.2, -0.15) is 15.8 Å². The van der Waals surface area contributed by atoms with E-state index in [9.17, 15) is 15.8 Å². The van der Waals surface area contributed by atoms with E-state index < -0.39 is 0 Å². The molecule has 0 amide bonds. The molecule has 0 saturated heterocycles. The highest BCUT2D eigenvalue weighted by molar-refractivity contribution is 6.27. The molecule has 0 aliphatic heterocycles. The van der Waals surface area contributed by atoms with Crippen LogP contribution in [-0.2, 0) is 0 Å². The minimum absolute atomic E-state index is 0.602. The normalized spacial score (nSPS) is 11.5. The maximum Gasteiger partial charge on any atom is 0.0991 e. The van der Waals surface area contributed by atoms with E-state index in [1.807, 2.05) is 36.4 Å². The van der Waals surface area contributed by atoms with Crippen molar-refractivity contribution in [1.82, 2.24) is 0 Å². The quantitative estimate of drug-likeness (QED) is 0.177. The van der Waals surface area contributed by atoms with Crippen molar-refractivity contribution in [3.63, 3.8) is 0 Å². The Bertz CT molecular complexity index is 2940. The highest BCUT2D eigenvalue weighted by Gasteiger charge is 2.25. The summed E-state index contributed by atoms with van der Waals surface area (Å²) in [5.74, 6) is 0. The van der Waals surface area contributed by atoms with E-state index in [0.29, 0.717) is 16.7 Å². The molecule has 0 spiro atoms. The van der Waals surface area contributed by atoms with E-state index in [0.717, 1.165) is 76.8 Å². The molecule has 3 nitrogen and oxygen atoms in total. The largest absolute Gasteiger partial charge is 0.192 e. The molecule has 0 heterocycles. The minimum Gasteiger partial charge on any atom is -0.192 e. The van der Waals surface area contributed by atoms with Gasteiger partial charge in [-0.05, 0) is 198 Å². The van der Waals surface area contributed by atoms with Crippen LogP contribution in [-0.4, -0.2) is 0 Å². The van der Waals surface area contributed by atoms with Gasteiger partial charge in [0, 0.05) is 0 Å². The molecule has 1 aliphatic carbocycles. The van der Waals surface area contributed by atoms with Gasteiger partial charge in [0.2, 0.25) is 0 Å². The van der Waals surface area contributed by atoms with Crippen molar-refractivity contribution < 1.29 is 0 Å². The van der Waals surface area contributed by atoms with Gasteiger partial charge in [0.15, 0.2) is 0 Å². The summed E-state index contributed by atoms with van der Waals surface area (Å²) >= 11 is 0. The third-order valence-electron chi connectivity index (χ3n) is 10.7. The van der Waals surface area contributed by atoms with Crippen LogP contribution in [0.2, 0.25) is 0 Å². The number of rotatable bonds is 2.